The molecule has 1 aromatic carbocycles. The largest absolute Gasteiger partial charge is 0.496 e. The van der Waals surface area contributed by atoms with Crippen LogP contribution in [0.25, 0.3) is 0 Å². The Kier molecular flexibility index (Phi) is 3.59. The van der Waals surface area contributed by atoms with E-state index in [1.807, 2.05) is 23.5 Å². The highest BCUT2D eigenvalue weighted by Gasteiger charge is 2.32. The fraction of sp³-hybridized carbons (Fsp3) is 0.444. The molecule has 3 heterocycles. The Bertz CT molecular complexity index is 694. The predicted molar refractivity (Wildman–Crippen MR) is 89.0 cm³/mol. The number of benzene rings is 1. The third-order valence-corrected chi connectivity index (χ3v) is 6.02. The Labute approximate surface area is 135 Å². The molecule has 0 saturated heterocycles. The minimum absolute atomic E-state index is 0.539. The van der Waals surface area contributed by atoms with Crippen LogP contribution in [-0.2, 0) is 19.4 Å². The number of ether oxygens (including phenoxy) is 2. The van der Waals surface area contributed by atoms with E-state index >= 15 is 0 Å². The lowest BCUT2D eigenvalue weighted by Crippen LogP contribution is -2.33. The first-order valence-electron chi connectivity index (χ1n) is 7.85. The summed E-state index contributed by atoms with van der Waals surface area (Å²) in [5.41, 5.74) is 4.18. The third-order valence-electron chi connectivity index (χ3n) is 5.02. The van der Waals surface area contributed by atoms with E-state index in [1.54, 1.807) is 24.7 Å². The van der Waals surface area contributed by atoms with E-state index in [2.05, 4.69) is 16.3 Å². The van der Waals surface area contributed by atoms with Crippen LogP contribution in [0.5, 0.6) is 11.5 Å². The number of fused-ring (bicyclic) bond motifs is 4. The normalized spacial score (nSPS) is 20.5. The van der Waals surface area contributed by atoms with Crippen LogP contribution in [0.4, 0.5) is 0 Å². The summed E-state index contributed by atoms with van der Waals surface area (Å²) in [5.74, 6) is 1.99. The molecule has 0 radical (unpaired) electrons. The highest BCUT2D eigenvalue weighted by atomic mass is 32.1. The topological polar surface area (TPSA) is 21.7 Å². The Morgan fingerprint density at radius 1 is 1.05 bits per heavy atom. The summed E-state index contributed by atoms with van der Waals surface area (Å²) in [5, 5.41) is 2.24. The quantitative estimate of drug-likeness (QED) is 0.841. The molecule has 1 atom stereocenters. The summed E-state index contributed by atoms with van der Waals surface area (Å²) in [6.45, 7) is 2.09. The van der Waals surface area contributed by atoms with Gasteiger partial charge < -0.3 is 9.47 Å². The van der Waals surface area contributed by atoms with Crippen molar-refractivity contribution < 1.29 is 9.47 Å². The zero-order valence-corrected chi connectivity index (χ0v) is 13.9. The maximum atomic E-state index is 5.62. The number of nitrogens with zero attached hydrogens (tertiary/aromatic N) is 1. The minimum Gasteiger partial charge on any atom is -0.496 e. The molecule has 4 rings (SSSR count). The van der Waals surface area contributed by atoms with Gasteiger partial charge in [0.25, 0.3) is 0 Å². The number of rotatable bonds is 2. The molecule has 0 unspecified atom stereocenters. The first-order valence-corrected chi connectivity index (χ1v) is 8.73. The van der Waals surface area contributed by atoms with Crippen LogP contribution in [0.3, 0.4) is 0 Å². The Hall–Kier alpha value is -1.52. The Morgan fingerprint density at radius 3 is 2.59 bits per heavy atom. The van der Waals surface area contributed by atoms with Gasteiger partial charge in [-0.3, -0.25) is 4.90 Å². The molecule has 0 spiro atoms. The van der Waals surface area contributed by atoms with Crippen molar-refractivity contribution in [1.29, 1.82) is 0 Å². The van der Waals surface area contributed by atoms with Crippen LogP contribution < -0.4 is 9.47 Å². The van der Waals surface area contributed by atoms with E-state index < -0.39 is 0 Å². The first kappa shape index (κ1) is 14.1. The number of methoxy groups -OCH3 is 2. The zero-order chi connectivity index (χ0) is 15.1. The van der Waals surface area contributed by atoms with Crippen LogP contribution >= 0.6 is 11.3 Å². The molecule has 0 saturated carbocycles. The third kappa shape index (κ3) is 2.13. The molecule has 1 aromatic heterocycles. The van der Waals surface area contributed by atoms with Crippen molar-refractivity contribution in [2.24, 2.45) is 0 Å². The van der Waals surface area contributed by atoms with E-state index in [0.29, 0.717) is 6.04 Å². The van der Waals surface area contributed by atoms with Gasteiger partial charge in [0.05, 0.1) is 14.2 Å². The van der Waals surface area contributed by atoms with Crippen LogP contribution in [0.15, 0.2) is 23.6 Å². The molecular weight excluding hydrogens is 294 g/mol. The maximum absolute atomic E-state index is 5.62. The molecule has 0 amide bonds. The Morgan fingerprint density at radius 2 is 1.82 bits per heavy atom. The van der Waals surface area contributed by atoms with Crippen molar-refractivity contribution in [1.82, 2.24) is 4.90 Å². The highest BCUT2D eigenvalue weighted by Crippen LogP contribution is 2.43. The van der Waals surface area contributed by atoms with Crippen molar-refractivity contribution in [3.05, 3.63) is 45.1 Å². The second-order valence-electron chi connectivity index (χ2n) is 6.00. The van der Waals surface area contributed by atoms with E-state index in [1.165, 1.54) is 17.5 Å². The first-order chi connectivity index (χ1) is 10.8. The van der Waals surface area contributed by atoms with Crippen molar-refractivity contribution >= 4 is 11.3 Å². The average Bonchev–Trinajstić information content (AvgIpc) is 2.94. The molecule has 2 aromatic rings. The molecule has 2 aliphatic heterocycles. The molecule has 0 fully saturated rings. The van der Waals surface area contributed by atoms with Crippen molar-refractivity contribution in [2.45, 2.75) is 31.8 Å². The molecule has 3 nitrogen and oxygen atoms in total. The van der Waals surface area contributed by atoms with E-state index in [9.17, 15) is 0 Å². The van der Waals surface area contributed by atoms with Gasteiger partial charge in [-0.15, -0.1) is 11.3 Å². The van der Waals surface area contributed by atoms with E-state index in [4.69, 9.17) is 9.47 Å². The molecule has 116 valence electrons. The summed E-state index contributed by atoms with van der Waals surface area (Å²) < 4.78 is 11.2. The monoisotopic (exact) mass is 315 g/mol. The van der Waals surface area contributed by atoms with Crippen molar-refractivity contribution in [3.63, 3.8) is 0 Å². The minimum atomic E-state index is 0.539. The second-order valence-corrected chi connectivity index (χ2v) is 7.00. The van der Waals surface area contributed by atoms with Gasteiger partial charge in [0, 0.05) is 35.1 Å². The lowest BCUT2D eigenvalue weighted by atomic mass is 9.95. The molecular formula is C18H21NO2S. The SMILES string of the molecule is COc1ccc(OC)c2c1CC[C@H]1c3ccsc3CCN1C2. The van der Waals surface area contributed by atoms with Crippen LogP contribution in [0, 0.1) is 0 Å². The average molecular weight is 315 g/mol. The lowest BCUT2D eigenvalue weighted by molar-refractivity contribution is 0.174. The van der Waals surface area contributed by atoms with Crippen LogP contribution in [-0.4, -0.2) is 25.7 Å². The van der Waals surface area contributed by atoms with Gasteiger partial charge in [0.1, 0.15) is 11.5 Å². The number of thiophene rings is 1. The number of hydrogen-bond acceptors (Lipinski definition) is 4. The van der Waals surface area contributed by atoms with Gasteiger partial charge in [-0.05, 0) is 48.4 Å². The smallest absolute Gasteiger partial charge is 0.123 e. The molecule has 0 N–H and O–H groups in total. The fourth-order valence-electron chi connectivity index (χ4n) is 3.94. The highest BCUT2D eigenvalue weighted by molar-refractivity contribution is 7.10. The fourth-order valence-corrected chi connectivity index (χ4v) is 4.87. The second kappa shape index (κ2) is 5.60. The molecule has 0 aliphatic carbocycles. The summed E-state index contributed by atoms with van der Waals surface area (Å²) in [4.78, 5) is 4.19. The van der Waals surface area contributed by atoms with Gasteiger partial charge in [-0.1, -0.05) is 0 Å². The summed E-state index contributed by atoms with van der Waals surface area (Å²) in [7, 11) is 3.52. The Balaban J connectivity index is 1.77. The van der Waals surface area contributed by atoms with Crippen LogP contribution in [0.1, 0.15) is 34.0 Å². The van der Waals surface area contributed by atoms with Crippen molar-refractivity contribution in [2.75, 3.05) is 20.8 Å². The molecule has 2 aliphatic rings. The summed E-state index contributed by atoms with van der Waals surface area (Å²) in [6.07, 6.45) is 3.37. The number of hydrogen-bond donors (Lipinski definition) is 0. The van der Waals surface area contributed by atoms with E-state index in [0.717, 1.165) is 37.4 Å². The predicted octanol–water partition coefficient (Wildman–Crippen LogP) is 3.81. The van der Waals surface area contributed by atoms with Gasteiger partial charge in [-0.25, -0.2) is 0 Å². The van der Waals surface area contributed by atoms with Crippen LogP contribution in [0.2, 0.25) is 0 Å². The molecule has 4 heteroatoms. The van der Waals surface area contributed by atoms with Gasteiger partial charge in [0.15, 0.2) is 0 Å². The standard InChI is InChI=1S/C18H21NO2S/c1-20-16-5-6-17(21-2)14-11-19-9-7-18-13(8-10-22-18)15(19)4-3-12(14)16/h5-6,8,10,15H,3-4,7,9,11H2,1-2H3/t15-/m0/s1. The maximum Gasteiger partial charge on any atom is 0.123 e. The molecule has 0 bridgehead atoms. The summed E-state index contributed by atoms with van der Waals surface area (Å²) in [6, 6.07) is 6.94. The van der Waals surface area contributed by atoms with E-state index in [-0.39, 0.29) is 0 Å². The summed E-state index contributed by atoms with van der Waals surface area (Å²) >= 11 is 1.91. The zero-order valence-electron chi connectivity index (χ0n) is 13.1. The van der Waals surface area contributed by atoms with Gasteiger partial charge in [-0.2, -0.15) is 0 Å². The van der Waals surface area contributed by atoms with Crippen molar-refractivity contribution in [3.8, 4) is 11.5 Å². The van der Waals surface area contributed by atoms with Gasteiger partial charge >= 0.3 is 0 Å². The lowest BCUT2D eigenvalue weighted by Gasteiger charge is -2.34. The van der Waals surface area contributed by atoms with Gasteiger partial charge in [0.2, 0.25) is 0 Å². The molecule has 22 heavy (non-hydrogen) atoms.